The van der Waals surface area contributed by atoms with Crippen LogP contribution in [-0.4, -0.2) is 19.9 Å². The van der Waals surface area contributed by atoms with Gasteiger partial charge in [0.1, 0.15) is 5.52 Å². The molecule has 0 aliphatic carbocycles. The number of rotatable bonds is 4. The fraction of sp³-hybridized carbons (Fsp3) is 0. The molecule has 0 bridgehead atoms. The van der Waals surface area contributed by atoms with Crippen molar-refractivity contribution in [3.05, 3.63) is 133 Å². The second-order valence-corrected chi connectivity index (χ2v) is 9.97. The highest BCUT2D eigenvalue weighted by Gasteiger charge is 2.15. The van der Waals surface area contributed by atoms with Gasteiger partial charge in [0.05, 0.1) is 0 Å². The molecule has 0 fully saturated rings. The number of fused-ring (bicyclic) bond motifs is 4. The minimum Gasteiger partial charge on any atom is -0.435 e. The van der Waals surface area contributed by atoms with Gasteiger partial charge in [-0.25, -0.2) is 19.9 Å². The normalized spacial score (nSPS) is 11.4. The average Bonchev–Trinajstić information content (AvgIpc) is 3.50. The van der Waals surface area contributed by atoms with Crippen LogP contribution >= 0.6 is 0 Å². The van der Waals surface area contributed by atoms with Crippen molar-refractivity contribution in [3.63, 3.8) is 0 Å². The second-order valence-electron chi connectivity index (χ2n) is 9.97. The van der Waals surface area contributed by atoms with Gasteiger partial charge in [-0.05, 0) is 46.5 Å². The molecule has 5 nitrogen and oxygen atoms in total. The van der Waals surface area contributed by atoms with Crippen LogP contribution in [-0.2, 0) is 0 Å². The highest BCUT2D eigenvalue weighted by molar-refractivity contribution is 6.05. The van der Waals surface area contributed by atoms with E-state index < -0.39 is 0 Å². The molecular formula is C36H22N4O. The summed E-state index contributed by atoms with van der Waals surface area (Å²) in [6.45, 7) is 0. The lowest BCUT2D eigenvalue weighted by Crippen LogP contribution is -2.00. The first kappa shape index (κ1) is 23.2. The largest absolute Gasteiger partial charge is 0.435 e. The number of hydrogen-bond donors (Lipinski definition) is 0. The third kappa shape index (κ3) is 4.21. The summed E-state index contributed by atoms with van der Waals surface area (Å²) in [5.41, 5.74) is 5.25. The molecule has 0 unspecified atom stereocenters. The van der Waals surface area contributed by atoms with Gasteiger partial charge in [-0.15, -0.1) is 0 Å². The van der Waals surface area contributed by atoms with Crippen molar-refractivity contribution in [1.82, 2.24) is 19.9 Å². The molecule has 0 amide bonds. The average molecular weight is 527 g/mol. The van der Waals surface area contributed by atoms with E-state index in [-0.39, 0.29) is 0 Å². The molecule has 192 valence electrons. The summed E-state index contributed by atoms with van der Waals surface area (Å²) < 4.78 is 6.32. The van der Waals surface area contributed by atoms with E-state index in [9.17, 15) is 0 Å². The summed E-state index contributed by atoms with van der Waals surface area (Å²) in [7, 11) is 0. The topological polar surface area (TPSA) is 64.7 Å². The molecule has 0 aliphatic rings. The van der Waals surface area contributed by atoms with Gasteiger partial charge < -0.3 is 4.42 Å². The number of oxazole rings is 1. The quantitative estimate of drug-likeness (QED) is 0.229. The zero-order valence-electron chi connectivity index (χ0n) is 21.9. The number of nitrogens with zero attached hydrogens (tertiary/aromatic N) is 4. The Balaban J connectivity index is 1.31. The van der Waals surface area contributed by atoms with Gasteiger partial charge in [-0.3, -0.25) is 0 Å². The fourth-order valence-corrected chi connectivity index (χ4v) is 5.23. The van der Waals surface area contributed by atoms with Gasteiger partial charge in [0.25, 0.3) is 0 Å². The smallest absolute Gasteiger partial charge is 0.227 e. The Hall–Kier alpha value is -5.68. The Morgan fingerprint density at radius 3 is 1.68 bits per heavy atom. The molecule has 0 N–H and O–H groups in total. The van der Waals surface area contributed by atoms with Crippen LogP contribution in [0.15, 0.2) is 138 Å². The van der Waals surface area contributed by atoms with E-state index in [4.69, 9.17) is 24.4 Å². The molecule has 2 aromatic heterocycles. The van der Waals surface area contributed by atoms with Crippen molar-refractivity contribution in [1.29, 1.82) is 0 Å². The zero-order valence-corrected chi connectivity index (χ0v) is 21.9. The molecule has 2 heterocycles. The minimum atomic E-state index is 0.601. The van der Waals surface area contributed by atoms with Crippen molar-refractivity contribution in [2.45, 2.75) is 0 Å². The molecule has 0 spiro atoms. The fourth-order valence-electron chi connectivity index (χ4n) is 5.23. The molecule has 0 aliphatic heterocycles. The van der Waals surface area contributed by atoms with Crippen molar-refractivity contribution in [2.75, 3.05) is 0 Å². The highest BCUT2D eigenvalue weighted by Crippen LogP contribution is 2.33. The summed E-state index contributed by atoms with van der Waals surface area (Å²) in [6, 6.07) is 44.9. The van der Waals surface area contributed by atoms with E-state index >= 15 is 0 Å². The third-order valence-electron chi connectivity index (χ3n) is 7.33. The first-order chi connectivity index (χ1) is 20.3. The highest BCUT2D eigenvalue weighted by atomic mass is 16.3. The number of hydrogen-bond acceptors (Lipinski definition) is 5. The van der Waals surface area contributed by atoms with Crippen molar-refractivity contribution < 1.29 is 4.42 Å². The number of aromatic nitrogens is 4. The maximum atomic E-state index is 6.32. The second kappa shape index (κ2) is 9.50. The molecule has 0 atom stereocenters. The lowest BCUT2D eigenvalue weighted by Gasteiger charge is -2.10. The first-order valence-corrected chi connectivity index (χ1v) is 13.5. The number of benzene rings is 6. The van der Waals surface area contributed by atoms with E-state index in [1.165, 1.54) is 5.39 Å². The van der Waals surface area contributed by atoms with Crippen LogP contribution in [0.25, 0.3) is 78.3 Å². The Morgan fingerprint density at radius 2 is 0.951 bits per heavy atom. The first-order valence-electron chi connectivity index (χ1n) is 13.5. The van der Waals surface area contributed by atoms with Gasteiger partial charge in [0.2, 0.25) is 5.89 Å². The zero-order chi connectivity index (χ0) is 27.2. The molecule has 5 heteroatoms. The molecule has 41 heavy (non-hydrogen) atoms. The molecular weight excluding hydrogens is 504 g/mol. The molecule has 6 aromatic carbocycles. The van der Waals surface area contributed by atoms with Crippen LogP contribution < -0.4 is 0 Å². The molecule has 8 rings (SSSR count). The van der Waals surface area contributed by atoms with E-state index in [2.05, 4.69) is 54.6 Å². The summed E-state index contributed by atoms with van der Waals surface area (Å²) in [4.78, 5) is 19.6. The summed E-state index contributed by atoms with van der Waals surface area (Å²) in [5.74, 6) is 2.46. The lowest BCUT2D eigenvalue weighted by atomic mass is 10.0. The Morgan fingerprint density at radius 1 is 0.390 bits per heavy atom. The SMILES string of the molecule is c1ccc(-c2nc(-c3ccc4ccccc4c3)nc(-c3ccc4ccc5nc(-c6ccccc6)oc5c4c3)n2)cc1. The Bertz CT molecular complexity index is 2210. The van der Waals surface area contributed by atoms with Crippen LogP contribution in [0.3, 0.4) is 0 Å². The predicted octanol–water partition coefficient (Wildman–Crippen LogP) is 8.99. The van der Waals surface area contributed by atoms with Crippen LogP contribution in [0.1, 0.15) is 0 Å². The predicted molar refractivity (Wildman–Crippen MR) is 164 cm³/mol. The molecule has 0 saturated carbocycles. The maximum absolute atomic E-state index is 6.32. The van der Waals surface area contributed by atoms with Gasteiger partial charge >= 0.3 is 0 Å². The minimum absolute atomic E-state index is 0.601. The monoisotopic (exact) mass is 526 g/mol. The summed E-state index contributed by atoms with van der Waals surface area (Å²) in [5, 5.41) is 4.34. The van der Waals surface area contributed by atoms with E-state index in [1.54, 1.807) is 0 Å². The van der Waals surface area contributed by atoms with Crippen molar-refractivity contribution >= 4 is 32.6 Å². The maximum Gasteiger partial charge on any atom is 0.227 e. The Kier molecular flexibility index (Phi) is 5.38. The van der Waals surface area contributed by atoms with Crippen LogP contribution in [0.5, 0.6) is 0 Å². The lowest BCUT2D eigenvalue weighted by molar-refractivity contribution is 0.623. The standard InChI is InChI=1S/C36H22N4O/c1-3-10-25(11-4-1)33-38-34(28-17-15-23-9-7-8-14-27(23)21-28)40-35(39-33)29-18-16-24-19-20-31-32(30(24)22-29)41-36(37-31)26-12-5-2-6-13-26/h1-22H. The molecule has 8 aromatic rings. The summed E-state index contributed by atoms with van der Waals surface area (Å²) in [6.07, 6.45) is 0. The van der Waals surface area contributed by atoms with Crippen molar-refractivity contribution in [2.24, 2.45) is 0 Å². The third-order valence-corrected chi connectivity index (χ3v) is 7.33. The van der Waals surface area contributed by atoms with E-state index in [0.717, 1.165) is 49.5 Å². The van der Waals surface area contributed by atoms with Gasteiger partial charge in [0, 0.05) is 27.6 Å². The van der Waals surface area contributed by atoms with Crippen molar-refractivity contribution in [3.8, 4) is 45.6 Å². The van der Waals surface area contributed by atoms with Crippen LogP contribution in [0.2, 0.25) is 0 Å². The van der Waals surface area contributed by atoms with Gasteiger partial charge in [0.15, 0.2) is 23.1 Å². The van der Waals surface area contributed by atoms with E-state index in [1.807, 2.05) is 78.9 Å². The van der Waals surface area contributed by atoms with Crippen LogP contribution in [0.4, 0.5) is 0 Å². The van der Waals surface area contributed by atoms with Crippen LogP contribution in [0, 0.1) is 0 Å². The van der Waals surface area contributed by atoms with Gasteiger partial charge in [-0.1, -0.05) is 103 Å². The summed E-state index contributed by atoms with van der Waals surface area (Å²) >= 11 is 0. The molecule has 0 saturated heterocycles. The Labute approximate surface area is 235 Å². The van der Waals surface area contributed by atoms with Gasteiger partial charge in [-0.2, -0.15) is 0 Å². The molecule has 0 radical (unpaired) electrons. The van der Waals surface area contributed by atoms with E-state index in [0.29, 0.717) is 23.4 Å².